The average molecular weight is 458 g/mol. The quantitative estimate of drug-likeness (QED) is 0.613. The number of anilines is 1. The summed E-state index contributed by atoms with van der Waals surface area (Å²) in [6, 6.07) is 10.7. The van der Waals surface area contributed by atoms with E-state index in [9.17, 15) is 17.6 Å². The van der Waals surface area contributed by atoms with Gasteiger partial charge in [0.1, 0.15) is 5.82 Å². The van der Waals surface area contributed by atoms with E-state index in [2.05, 4.69) is 15.0 Å². The molecule has 0 radical (unpaired) electrons. The average Bonchev–Trinajstić information content (AvgIpc) is 2.75. The van der Waals surface area contributed by atoms with Gasteiger partial charge in [0.15, 0.2) is 0 Å². The van der Waals surface area contributed by atoms with Gasteiger partial charge in [-0.15, -0.1) is 0 Å². The van der Waals surface area contributed by atoms with Crippen LogP contribution in [0, 0.1) is 5.82 Å². The maximum absolute atomic E-state index is 14.5. The molecule has 2 heterocycles. The Morgan fingerprint density at radius 2 is 2.03 bits per heavy atom. The number of carbonyl (C=O) groups is 1. The van der Waals surface area contributed by atoms with E-state index in [0.717, 1.165) is 5.39 Å². The van der Waals surface area contributed by atoms with E-state index in [1.54, 1.807) is 12.3 Å². The highest BCUT2D eigenvalue weighted by Gasteiger charge is 2.37. The molecule has 32 heavy (non-hydrogen) atoms. The Hall–Kier alpha value is -3.08. The summed E-state index contributed by atoms with van der Waals surface area (Å²) in [6.45, 7) is 0.966. The molecule has 4 rings (SSSR count). The smallest absolute Gasteiger partial charge is 0.302 e. The van der Waals surface area contributed by atoms with Crippen LogP contribution in [0.25, 0.3) is 10.9 Å². The van der Waals surface area contributed by atoms with Crippen LogP contribution in [0.1, 0.15) is 27.5 Å². The summed E-state index contributed by atoms with van der Waals surface area (Å²) >= 11 is 0. The zero-order chi connectivity index (χ0) is 23.0. The van der Waals surface area contributed by atoms with Crippen molar-refractivity contribution in [3.63, 3.8) is 0 Å². The third-order valence-corrected chi connectivity index (χ3v) is 6.90. The number of pyridine rings is 1. The van der Waals surface area contributed by atoms with Gasteiger partial charge in [0, 0.05) is 37.3 Å². The van der Waals surface area contributed by atoms with Gasteiger partial charge in [0.2, 0.25) is 0 Å². The van der Waals surface area contributed by atoms with Gasteiger partial charge in [-0.2, -0.15) is 12.7 Å². The van der Waals surface area contributed by atoms with E-state index in [4.69, 9.17) is 0 Å². The van der Waals surface area contributed by atoms with Crippen LogP contribution < -0.4 is 10.0 Å². The van der Waals surface area contributed by atoms with Gasteiger partial charge in [-0.25, -0.2) is 4.39 Å². The summed E-state index contributed by atoms with van der Waals surface area (Å²) in [7, 11) is 1.30. The molecular weight excluding hydrogens is 433 g/mol. The van der Waals surface area contributed by atoms with Crippen LogP contribution in [0.15, 0.2) is 48.7 Å². The predicted octanol–water partition coefficient (Wildman–Crippen LogP) is 2.36. The van der Waals surface area contributed by atoms with Crippen LogP contribution in [0.5, 0.6) is 0 Å². The summed E-state index contributed by atoms with van der Waals surface area (Å²) in [5.41, 5.74) is 1.92. The number of halogens is 1. The third kappa shape index (κ3) is 4.04. The fourth-order valence-electron chi connectivity index (χ4n) is 3.80. The number of nitrogens with one attached hydrogen (secondary N) is 2. The van der Waals surface area contributed by atoms with Crippen LogP contribution in [-0.4, -0.2) is 62.7 Å². The molecule has 1 unspecified atom stereocenters. The van der Waals surface area contributed by atoms with Crippen molar-refractivity contribution in [3.8, 4) is 0 Å². The largest absolute Gasteiger partial charge is 0.351 e. The van der Waals surface area contributed by atoms with Gasteiger partial charge in [-0.3, -0.25) is 14.5 Å². The van der Waals surface area contributed by atoms with Gasteiger partial charge in [0.25, 0.3) is 5.91 Å². The fourth-order valence-corrected chi connectivity index (χ4v) is 4.93. The highest BCUT2D eigenvalue weighted by Crippen LogP contribution is 2.42. The molecule has 1 aromatic heterocycles. The van der Waals surface area contributed by atoms with Crippen molar-refractivity contribution in [1.29, 1.82) is 0 Å². The maximum atomic E-state index is 14.5. The molecule has 1 aliphatic rings. The number of carbonyl (C=O) groups excluding carboxylic acids is 1. The fraction of sp³-hybridized carbons (Fsp3) is 0.273. The Kier molecular flexibility index (Phi) is 5.85. The maximum Gasteiger partial charge on any atom is 0.302 e. The summed E-state index contributed by atoms with van der Waals surface area (Å²) in [5.74, 6) is -1.22. The predicted molar refractivity (Wildman–Crippen MR) is 121 cm³/mol. The Bertz CT molecular complexity index is 1300. The standard InChI is InChI=1S/C22H24FN5O3S/c1-27(2)12-11-25-22(29)17-13-15(7-9-18(17)23)21-16-8-6-14-5-4-10-24-19(14)20(16)26-32(30,31)28(21)3/h4-10,13,21,26H,11-12H2,1-3H3,(H,25,29). The van der Waals surface area contributed by atoms with Gasteiger partial charge in [0.05, 0.1) is 22.8 Å². The van der Waals surface area contributed by atoms with Crippen molar-refractivity contribution >= 4 is 32.7 Å². The van der Waals surface area contributed by atoms with Crippen molar-refractivity contribution in [2.45, 2.75) is 6.04 Å². The molecule has 0 aliphatic carbocycles. The first-order chi connectivity index (χ1) is 15.2. The summed E-state index contributed by atoms with van der Waals surface area (Å²) in [6.07, 6.45) is 1.60. The van der Waals surface area contributed by atoms with Gasteiger partial charge in [-0.1, -0.05) is 24.3 Å². The number of amides is 1. The molecule has 1 aliphatic heterocycles. The van der Waals surface area contributed by atoms with Crippen molar-refractivity contribution in [2.24, 2.45) is 0 Å². The summed E-state index contributed by atoms with van der Waals surface area (Å²) in [4.78, 5) is 18.8. The molecule has 0 spiro atoms. The number of likely N-dealkylation sites (N-methyl/N-ethyl adjacent to an activating group) is 1. The number of aromatic nitrogens is 1. The molecule has 10 heteroatoms. The number of fused-ring (bicyclic) bond motifs is 3. The highest BCUT2D eigenvalue weighted by atomic mass is 32.2. The zero-order valence-corrected chi connectivity index (χ0v) is 18.8. The van der Waals surface area contributed by atoms with Crippen LogP contribution in [0.3, 0.4) is 0 Å². The lowest BCUT2D eigenvalue weighted by atomic mass is 9.94. The molecular formula is C22H24FN5O3S. The second-order valence-corrected chi connectivity index (χ2v) is 9.66. The Balaban J connectivity index is 1.80. The molecule has 0 saturated carbocycles. The number of rotatable bonds is 5. The lowest BCUT2D eigenvalue weighted by Crippen LogP contribution is -2.41. The van der Waals surface area contributed by atoms with Crippen LogP contribution in [0.4, 0.5) is 10.1 Å². The Labute approximate surface area is 186 Å². The first-order valence-corrected chi connectivity index (χ1v) is 11.5. The normalized spacial score (nSPS) is 17.7. The molecule has 8 nitrogen and oxygen atoms in total. The number of hydrogen-bond acceptors (Lipinski definition) is 5. The minimum Gasteiger partial charge on any atom is -0.351 e. The molecule has 1 amide bonds. The van der Waals surface area contributed by atoms with E-state index in [1.165, 1.54) is 29.6 Å². The summed E-state index contributed by atoms with van der Waals surface area (Å²) in [5, 5.41) is 3.49. The monoisotopic (exact) mass is 457 g/mol. The molecule has 0 fully saturated rings. The topological polar surface area (TPSA) is 94.6 Å². The van der Waals surface area contributed by atoms with Crippen LogP contribution >= 0.6 is 0 Å². The van der Waals surface area contributed by atoms with E-state index < -0.39 is 28.0 Å². The summed E-state index contributed by atoms with van der Waals surface area (Å²) < 4.78 is 44.0. The third-order valence-electron chi connectivity index (χ3n) is 5.47. The molecule has 0 saturated heterocycles. The molecule has 2 N–H and O–H groups in total. The number of benzene rings is 2. The van der Waals surface area contributed by atoms with E-state index >= 15 is 0 Å². The van der Waals surface area contributed by atoms with Crippen LogP contribution in [0.2, 0.25) is 0 Å². The number of hydrogen-bond donors (Lipinski definition) is 2. The van der Waals surface area contributed by atoms with Gasteiger partial charge in [-0.05, 0) is 37.9 Å². The van der Waals surface area contributed by atoms with Crippen molar-refractivity contribution < 1.29 is 17.6 Å². The SMILES string of the molecule is CN(C)CCNC(=O)c1cc(C2c3ccc4cccnc4c3NS(=O)(=O)N2C)ccc1F. The lowest BCUT2D eigenvalue weighted by molar-refractivity contribution is 0.0947. The van der Waals surface area contributed by atoms with E-state index in [0.29, 0.717) is 35.4 Å². The first-order valence-electron chi connectivity index (χ1n) is 10.0. The number of nitrogens with zero attached hydrogens (tertiary/aromatic N) is 3. The van der Waals surface area contributed by atoms with Crippen molar-refractivity contribution in [1.82, 2.24) is 19.5 Å². The molecule has 168 valence electrons. The Morgan fingerprint density at radius 1 is 1.25 bits per heavy atom. The van der Waals surface area contributed by atoms with Crippen molar-refractivity contribution in [3.05, 3.63) is 71.2 Å². The zero-order valence-electron chi connectivity index (χ0n) is 18.0. The second kappa shape index (κ2) is 8.45. The molecule has 1 atom stereocenters. The van der Waals surface area contributed by atoms with Crippen LogP contribution in [-0.2, 0) is 10.2 Å². The Morgan fingerprint density at radius 3 is 2.78 bits per heavy atom. The van der Waals surface area contributed by atoms with E-state index in [-0.39, 0.29) is 5.56 Å². The minimum absolute atomic E-state index is 0.133. The van der Waals surface area contributed by atoms with E-state index in [1.807, 2.05) is 37.2 Å². The minimum atomic E-state index is -3.89. The lowest BCUT2D eigenvalue weighted by Gasteiger charge is -2.35. The van der Waals surface area contributed by atoms with Gasteiger partial charge < -0.3 is 10.2 Å². The molecule has 0 bridgehead atoms. The van der Waals surface area contributed by atoms with Crippen molar-refractivity contribution in [2.75, 3.05) is 39.0 Å². The van der Waals surface area contributed by atoms with Gasteiger partial charge >= 0.3 is 10.2 Å². The molecule has 3 aromatic rings. The second-order valence-electron chi connectivity index (χ2n) is 7.93. The molecule has 2 aromatic carbocycles. The first kappa shape index (κ1) is 22.1. The highest BCUT2D eigenvalue weighted by molar-refractivity contribution is 7.90.